The number of esters is 1. The van der Waals surface area contributed by atoms with Crippen LogP contribution >= 0.6 is 0 Å². The normalized spacial score (nSPS) is 14.9. The Labute approximate surface area is 129 Å². The van der Waals surface area contributed by atoms with Gasteiger partial charge in [0.1, 0.15) is 29.6 Å². The molecule has 120 valence electrons. The van der Waals surface area contributed by atoms with Gasteiger partial charge in [-0.1, -0.05) is 0 Å². The Bertz CT molecular complexity index is 543. The van der Waals surface area contributed by atoms with Gasteiger partial charge in [-0.3, -0.25) is 0 Å². The highest BCUT2D eigenvalue weighted by molar-refractivity contribution is 5.95. The average molecular weight is 308 g/mol. The summed E-state index contributed by atoms with van der Waals surface area (Å²) in [5.74, 6) is -0.756. The summed E-state index contributed by atoms with van der Waals surface area (Å²) in [6, 6.07) is 3.40. The molecule has 0 N–H and O–H groups in total. The summed E-state index contributed by atoms with van der Waals surface area (Å²) in [5, 5.41) is 0. The zero-order chi connectivity index (χ0) is 16.2. The summed E-state index contributed by atoms with van der Waals surface area (Å²) in [5.41, 5.74) is 0.932. The maximum absolute atomic E-state index is 12.1. The molecule has 0 aliphatic carbocycles. The monoisotopic (exact) mass is 308 g/mol. The molecule has 1 aliphatic heterocycles. The van der Waals surface area contributed by atoms with Gasteiger partial charge in [0.05, 0.1) is 20.3 Å². The van der Waals surface area contributed by atoms with E-state index < -0.39 is 11.8 Å². The molecular formula is C16H20O6. The predicted molar refractivity (Wildman–Crippen MR) is 78.8 cm³/mol. The van der Waals surface area contributed by atoms with E-state index in [4.69, 9.17) is 23.7 Å². The molecule has 1 aliphatic rings. The smallest absolute Gasteiger partial charge is 0.345 e. The second kappa shape index (κ2) is 6.60. The van der Waals surface area contributed by atoms with Crippen LogP contribution < -0.4 is 9.47 Å². The number of ether oxygens (including phenoxy) is 5. The first-order valence-electron chi connectivity index (χ1n) is 7.08. The quantitative estimate of drug-likeness (QED) is 0.753. The van der Waals surface area contributed by atoms with Gasteiger partial charge in [0.2, 0.25) is 0 Å². The van der Waals surface area contributed by atoms with Crippen molar-refractivity contribution in [1.82, 2.24) is 0 Å². The van der Waals surface area contributed by atoms with Crippen LogP contribution in [0.4, 0.5) is 0 Å². The Hall–Kier alpha value is -2.37. The van der Waals surface area contributed by atoms with Gasteiger partial charge in [-0.15, -0.1) is 0 Å². The van der Waals surface area contributed by atoms with Crippen molar-refractivity contribution in [3.05, 3.63) is 35.8 Å². The SMILES string of the molecule is CCOc1cc(C2(C)OC=CO2)cc(OCC)c1C(=O)OC. The fourth-order valence-corrected chi connectivity index (χ4v) is 2.17. The van der Waals surface area contributed by atoms with E-state index in [0.717, 1.165) is 0 Å². The van der Waals surface area contributed by atoms with Crippen LogP contribution in [0, 0.1) is 0 Å². The average Bonchev–Trinajstić information content (AvgIpc) is 2.95. The first-order valence-corrected chi connectivity index (χ1v) is 7.08. The maximum atomic E-state index is 12.1. The van der Waals surface area contributed by atoms with E-state index in [1.807, 2.05) is 13.8 Å². The lowest BCUT2D eigenvalue weighted by atomic mass is 10.0. The molecule has 6 nitrogen and oxygen atoms in total. The minimum atomic E-state index is -0.980. The summed E-state index contributed by atoms with van der Waals surface area (Å²) in [6.45, 7) is 6.23. The molecule has 0 aromatic heterocycles. The van der Waals surface area contributed by atoms with Gasteiger partial charge < -0.3 is 23.7 Å². The van der Waals surface area contributed by atoms with Crippen LogP contribution in [0.15, 0.2) is 24.7 Å². The molecule has 1 aromatic carbocycles. The third kappa shape index (κ3) is 2.95. The predicted octanol–water partition coefficient (Wildman–Crippen LogP) is 2.96. The second-order valence-electron chi connectivity index (χ2n) is 4.66. The Morgan fingerprint density at radius 2 is 1.59 bits per heavy atom. The van der Waals surface area contributed by atoms with Gasteiger partial charge in [-0.2, -0.15) is 0 Å². The van der Waals surface area contributed by atoms with Crippen molar-refractivity contribution in [2.24, 2.45) is 0 Å². The molecule has 0 spiro atoms. The zero-order valence-electron chi connectivity index (χ0n) is 13.2. The molecule has 0 radical (unpaired) electrons. The standard InChI is InChI=1S/C16H20O6/c1-5-19-12-9-11(16(3)21-7-8-22-16)10-13(20-6-2)14(12)15(17)18-4/h7-10H,5-6H2,1-4H3. The highest BCUT2D eigenvalue weighted by atomic mass is 16.7. The van der Waals surface area contributed by atoms with Crippen molar-refractivity contribution in [3.8, 4) is 11.5 Å². The van der Waals surface area contributed by atoms with E-state index in [2.05, 4.69) is 0 Å². The first-order chi connectivity index (χ1) is 10.6. The summed E-state index contributed by atoms with van der Waals surface area (Å²) < 4.78 is 27.0. The van der Waals surface area contributed by atoms with Gasteiger partial charge in [0.25, 0.3) is 5.79 Å². The Morgan fingerprint density at radius 3 is 2.00 bits per heavy atom. The number of hydrogen-bond acceptors (Lipinski definition) is 6. The van der Waals surface area contributed by atoms with Gasteiger partial charge >= 0.3 is 5.97 Å². The van der Waals surface area contributed by atoms with Crippen molar-refractivity contribution >= 4 is 5.97 Å². The molecule has 6 heteroatoms. The fraction of sp³-hybridized carbons (Fsp3) is 0.438. The molecule has 1 aromatic rings. The van der Waals surface area contributed by atoms with Crippen LogP contribution in [0.2, 0.25) is 0 Å². The van der Waals surface area contributed by atoms with Gasteiger partial charge in [0, 0.05) is 12.5 Å². The van der Waals surface area contributed by atoms with Gasteiger partial charge in [-0.25, -0.2) is 4.79 Å². The molecule has 0 bridgehead atoms. The molecule has 2 rings (SSSR count). The third-order valence-electron chi connectivity index (χ3n) is 3.22. The Balaban J connectivity index is 2.56. The first kappa shape index (κ1) is 16.0. The Morgan fingerprint density at radius 1 is 1.09 bits per heavy atom. The van der Waals surface area contributed by atoms with Gasteiger partial charge in [0.15, 0.2) is 0 Å². The molecule has 0 unspecified atom stereocenters. The third-order valence-corrected chi connectivity index (χ3v) is 3.22. The van der Waals surface area contributed by atoms with Crippen LogP contribution in [-0.4, -0.2) is 26.3 Å². The Kier molecular flexibility index (Phi) is 4.80. The van der Waals surface area contributed by atoms with E-state index in [-0.39, 0.29) is 5.56 Å². The van der Waals surface area contributed by atoms with E-state index in [1.165, 1.54) is 19.6 Å². The summed E-state index contributed by atoms with van der Waals surface area (Å²) in [7, 11) is 1.32. The summed E-state index contributed by atoms with van der Waals surface area (Å²) in [4.78, 5) is 12.1. The number of methoxy groups -OCH3 is 1. The molecule has 22 heavy (non-hydrogen) atoms. The largest absolute Gasteiger partial charge is 0.493 e. The molecule has 0 saturated carbocycles. The maximum Gasteiger partial charge on any atom is 0.345 e. The highest BCUT2D eigenvalue weighted by Gasteiger charge is 2.35. The molecular weight excluding hydrogens is 288 g/mol. The van der Waals surface area contributed by atoms with Crippen molar-refractivity contribution in [2.45, 2.75) is 26.6 Å². The minimum Gasteiger partial charge on any atom is -0.493 e. The van der Waals surface area contributed by atoms with Crippen LogP contribution in [-0.2, 0) is 20.0 Å². The lowest BCUT2D eigenvalue weighted by molar-refractivity contribution is -0.133. The van der Waals surface area contributed by atoms with E-state index in [9.17, 15) is 4.79 Å². The topological polar surface area (TPSA) is 63.2 Å². The molecule has 1 heterocycles. The number of rotatable bonds is 6. The van der Waals surface area contributed by atoms with Gasteiger partial charge in [-0.05, 0) is 26.0 Å². The van der Waals surface area contributed by atoms with E-state index >= 15 is 0 Å². The number of benzene rings is 1. The van der Waals surface area contributed by atoms with Crippen LogP contribution in [0.1, 0.15) is 36.7 Å². The second-order valence-corrected chi connectivity index (χ2v) is 4.66. The minimum absolute atomic E-state index is 0.254. The van der Waals surface area contributed by atoms with Crippen LogP contribution in [0.25, 0.3) is 0 Å². The number of carbonyl (C=O) groups excluding carboxylic acids is 1. The van der Waals surface area contributed by atoms with E-state index in [1.54, 1.807) is 19.1 Å². The van der Waals surface area contributed by atoms with Crippen LogP contribution in [0.5, 0.6) is 11.5 Å². The fourth-order valence-electron chi connectivity index (χ4n) is 2.17. The van der Waals surface area contributed by atoms with Crippen molar-refractivity contribution in [2.75, 3.05) is 20.3 Å². The van der Waals surface area contributed by atoms with Crippen molar-refractivity contribution in [1.29, 1.82) is 0 Å². The summed E-state index contributed by atoms with van der Waals surface area (Å²) >= 11 is 0. The van der Waals surface area contributed by atoms with Crippen molar-refractivity contribution in [3.63, 3.8) is 0 Å². The molecule has 0 amide bonds. The lowest BCUT2D eigenvalue weighted by Crippen LogP contribution is -2.23. The molecule has 0 fully saturated rings. The van der Waals surface area contributed by atoms with Crippen molar-refractivity contribution < 1.29 is 28.5 Å². The van der Waals surface area contributed by atoms with E-state index in [0.29, 0.717) is 30.3 Å². The summed E-state index contributed by atoms with van der Waals surface area (Å²) in [6.07, 6.45) is 2.93. The molecule has 0 atom stereocenters. The highest BCUT2D eigenvalue weighted by Crippen LogP contribution is 2.39. The molecule has 0 saturated heterocycles. The number of carbonyl (C=O) groups is 1. The van der Waals surface area contributed by atoms with Crippen LogP contribution in [0.3, 0.4) is 0 Å². The zero-order valence-corrected chi connectivity index (χ0v) is 13.2. The number of hydrogen-bond donors (Lipinski definition) is 0. The lowest BCUT2D eigenvalue weighted by Gasteiger charge is -2.25.